The summed E-state index contributed by atoms with van der Waals surface area (Å²) in [5.41, 5.74) is -3.46. The first-order valence-electron chi connectivity index (χ1n) is 7.96. The van der Waals surface area contributed by atoms with Crippen molar-refractivity contribution in [3.05, 3.63) is 29.3 Å². The highest BCUT2D eigenvalue weighted by Crippen LogP contribution is 2.38. The SMILES string of the molecule is O=C1N[C@@H]2COC[C@H]1CN(S(=O)(=O)c1cc(C(F)(F)F)cc(C(F)(F)F)c1)C2. The van der Waals surface area contributed by atoms with E-state index in [2.05, 4.69) is 5.32 Å². The number of rotatable bonds is 2. The van der Waals surface area contributed by atoms with Crippen LogP contribution in [0.3, 0.4) is 0 Å². The van der Waals surface area contributed by atoms with Crippen LogP contribution in [-0.4, -0.2) is 51.0 Å². The normalized spacial score (nSPS) is 24.6. The number of halogens is 6. The molecule has 0 unspecified atom stereocenters. The van der Waals surface area contributed by atoms with Crippen LogP contribution in [0.25, 0.3) is 0 Å². The second-order valence-corrected chi connectivity index (χ2v) is 8.44. The smallest absolute Gasteiger partial charge is 0.378 e. The number of alkyl halides is 6. The predicted octanol–water partition coefficient (Wildman–Crippen LogP) is 1.86. The first-order chi connectivity index (χ1) is 12.8. The summed E-state index contributed by atoms with van der Waals surface area (Å²) >= 11 is 0. The average Bonchev–Trinajstić information content (AvgIpc) is 2.81. The lowest BCUT2D eigenvalue weighted by Crippen LogP contribution is -2.44. The van der Waals surface area contributed by atoms with E-state index in [0.29, 0.717) is 0 Å². The summed E-state index contributed by atoms with van der Waals surface area (Å²) < 4.78 is 110. The molecular weight excluding hydrogens is 418 g/mol. The Morgan fingerprint density at radius 1 is 0.964 bits per heavy atom. The minimum atomic E-state index is -5.17. The minimum Gasteiger partial charge on any atom is -0.378 e. The fourth-order valence-electron chi connectivity index (χ4n) is 3.01. The van der Waals surface area contributed by atoms with Crippen LogP contribution in [0.2, 0.25) is 0 Å². The summed E-state index contributed by atoms with van der Waals surface area (Å²) in [5, 5.41) is 2.54. The van der Waals surface area contributed by atoms with Crippen molar-refractivity contribution in [2.24, 2.45) is 5.92 Å². The summed E-state index contributed by atoms with van der Waals surface area (Å²) in [7, 11) is -4.73. The van der Waals surface area contributed by atoms with Gasteiger partial charge in [0.05, 0.1) is 41.2 Å². The molecule has 2 atom stereocenters. The molecule has 3 rings (SSSR count). The Bertz CT molecular complexity index is 851. The number of carbonyl (C=O) groups is 1. The van der Waals surface area contributed by atoms with Crippen molar-refractivity contribution >= 4 is 15.9 Å². The zero-order chi connectivity index (χ0) is 20.9. The van der Waals surface area contributed by atoms with Crippen LogP contribution in [0, 0.1) is 5.92 Å². The summed E-state index contributed by atoms with van der Waals surface area (Å²) in [6.07, 6.45) is -10.3. The average molecular weight is 432 g/mol. The maximum Gasteiger partial charge on any atom is 0.416 e. The molecule has 2 heterocycles. The van der Waals surface area contributed by atoms with Gasteiger partial charge in [-0.2, -0.15) is 30.6 Å². The molecular formula is C15H14F6N2O4S. The van der Waals surface area contributed by atoms with E-state index in [4.69, 9.17) is 4.74 Å². The van der Waals surface area contributed by atoms with E-state index in [-0.39, 0.29) is 38.0 Å². The van der Waals surface area contributed by atoms with Gasteiger partial charge in [-0.15, -0.1) is 0 Å². The molecule has 2 bridgehead atoms. The number of hydrogen-bond donors (Lipinski definition) is 1. The Morgan fingerprint density at radius 2 is 1.54 bits per heavy atom. The van der Waals surface area contributed by atoms with E-state index in [1.807, 2.05) is 0 Å². The number of fused-ring (bicyclic) bond motifs is 3. The van der Waals surface area contributed by atoms with Crippen molar-refractivity contribution < 1.29 is 44.3 Å². The Morgan fingerprint density at radius 3 is 2.07 bits per heavy atom. The number of carbonyl (C=O) groups excluding carboxylic acids is 1. The first kappa shape index (κ1) is 20.9. The number of benzene rings is 1. The number of nitrogens with zero attached hydrogens (tertiary/aromatic N) is 1. The lowest BCUT2D eigenvalue weighted by atomic mass is 10.1. The molecule has 2 aliphatic rings. The van der Waals surface area contributed by atoms with Crippen molar-refractivity contribution in [3.8, 4) is 0 Å². The molecule has 0 saturated carbocycles. The molecule has 2 fully saturated rings. The van der Waals surface area contributed by atoms with E-state index >= 15 is 0 Å². The second kappa shape index (κ2) is 6.88. The molecule has 2 saturated heterocycles. The van der Waals surface area contributed by atoms with Crippen LogP contribution in [-0.2, 0) is 31.9 Å². The zero-order valence-electron chi connectivity index (χ0n) is 14.0. The highest BCUT2D eigenvalue weighted by Gasteiger charge is 2.42. The Labute approximate surface area is 155 Å². The number of nitrogens with one attached hydrogen (secondary N) is 1. The quantitative estimate of drug-likeness (QED) is 0.724. The van der Waals surface area contributed by atoms with Gasteiger partial charge in [0.2, 0.25) is 15.9 Å². The van der Waals surface area contributed by atoms with Crippen molar-refractivity contribution in [3.63, 3.8) is 0 Å². The number of amides is 1. The van der Waals surface area contributed by atoms with Crippen molar-refractivity contribution in [2.75, 3.05) is 26.3 Å². The molecule has 1 aromatic carbocycles. The van der Waals surface area contributed by atoms with Gasteiger partial charge in [-0.25, -0.2) is 8.42 Å². The number of ether oxygens (including phenoxy) is 1. The molecule has 156 valence electrons. The molecule has 1 amide bonds. The van der Waals surface area contributed by atoms with E-state index < -0.39 is 62.8 Å². The third-order valence-corrected chi connectivity index (χ3v) is 6.21. The van der Waals surface area contributed by atoms with Crippen molar-refractivity contribution in [2.45, 2.75) is 23.3 Å². The van der Waals surface area contributed by atoms with Crippen LogP contribution in [0.1, 0.15) is 11.1 Å². The van der Waals surface area contributed by atoms with Gasteiger partial charge in [-0.3, -0.25) is 4.79 Å². The fraction of sp³-hybridized carbons (Fsp3) is 0.533. The van der Waals surface area contributed by atoms with Crippen LogP contribution >= 0.6 is 0 Å². The van der Waals surface area contributed by atoms with E-state index in [0.717, 1.165) is 4.31 Å². The van der Waals surface area contributed by atoms with Crippen LogP contribution in [0.4, 0.5) is 26.3 Å². The standard InChI is InChI=1S/C15H14F6N2O4S/c16-14(17,18)9-1-10(15(19,20)21)3-12(2-9)28(25,26)23-4-8-6-27-7-11(5-23)22-13(8)24/h1-3,8,11H,4-7H2,(H,22,24)/t8-,11+/m1/s1. The van der Waals surface area contributed by atoms with Gasteiger partial charge in [-0.1, -0.05) is 0 Å². The van der Waals surface area contributed by atoms with Gasteiger partial charge in [0.15, 0.2) is 0 Å². The fourth-order valence-corrected chi connectivity index (χ4v) is 4.61. The third kappa shape index (κ3) is 4.10. The molecule has 2 aliphatic heterocycles. The third-order valence-electron chi connectivity index (χ3n) is 4.40. The number of sulfonamides is 1. The summed E-state index contributed by atoms with van der Waals surface area (Å²) in [6.45, 7) is -0.875. The predicted molar refractivity (Wildman–Crippen MR) is 81.4 cm³/mol. The zero-order valence-corrected chi connectivity index (χ0v) is 14.8. The highest BCUT2D eigenvalue weighted by atomic mass is 32.2. The lowest BCUT2D eigenvalue weighted by Gasteiger charge is -2.27. The van der Waals surface area contributed by atoms with E-state index in [9.17, 15) is 39.6 Å². The highest BCUT2D eigenvalue weighted by molar-refractivity contribution is 7.89. The maximum atomic E-state index is 13.0. The van der Waals surface area contributed by atoms with Gasteiger partial charge in [0, 0.05) is 13.1 Å². The largest absolute Gasteiger partial charge is 0.416 e. The molecule has 0 spiro atoms. The Kier molecular flexibility index (Phi) is 5.13. The monoisotopic (exact) mass is 432 g/mol. The van der Waals surface area contributed by atoms with Crippen molar-refractivity contribution in [1.82, 2.24) is 9.62 Å². The molecule has 0 aromatic heterocycles. The Balaban J connectivity index is 2.07. The maximum absolute atomic E-state index is 13.0. The summed E-state index contributed by atoms with van der Waals surface area (Å²) in [6, 6.07) is -0.578. The molecule has 1 aromatic rings. The Hall–Kier alpha value is -1.86. The van der Waals surface area contributed by atoms with Gasteiger partial charge >= 0.3 is 12.4 Å². The van der Waals surface area contributed by atoms with Crippen LogP contribution in [0.5, 0.6) is 0 Å². The molecule has 13 heteroatoms. The van der Waals surface area contributed by atoms with Crippen LogP contribution in [0.15, 0.2) is 23.1 Å². The van der Waals surface area contributed by atoms with Gasteiger partial charge < -0.3 is 10.1 Å². The minimum absolute atomic E-state index is 0.0232. The summed E-state index contributed by atoms with van der Waals surface area (Å²) in [5.74, 6) is -1.41. The summed E-state index contributed by atoms with van der Waals surface area (Å²) in [4.78, 5) is 10.8. The topological polar surface area (TPSA) is 75.7 Å². The lowest BCUT2D eigenvalue weighted by molar-refractivity contribution is -0.143. The molecule has 28 heavy (non-hydrogen) atoms. The first-order valence-corrected chi connectivity index (χ1v) is 9.40. The number of hydrogen-bond acceptors (Lipinski definition) is 4. The van der Waals surface area contributed by atoms with Gasteiger partial charge in [0.1, 0.15) is 0 Å². The second-order valence-electron chi connectivity index (χ2n) is 6.50. The van der Waals surface area contributed by atoms with Gasteiger partial charge in [-0.05, 0) is 18.2 Å². The molecule has 0 aliphatic carbocycles. The van der Waals surface area contributed by atoms with E-state index in [1.165, 1.54) is 0 Å². The molecule has 1 N–H and O–H groups in total. The molecule has 6 nitrogen and oxygen atoms in total. The van der Waals surface area contributed by atoms with Crippen molar-refractivity contribution in [1.29, 1.82) is 0 Å². The van der Waals surface area contributed by atoms with Crippen LogP contribution < -0.4 is 5.32 Å². The van der Waals surface area contributed by atoms with Gasteiger partial charge in [0.25, 0.3) is 0 Å². The molecule has 0 radical (unpaired) electrons. The van der Waals surface area contributed by atoms with E-state index in [1.54, 1.807) is 0 Å².